The fourth-order valence-electron chi connectivity index (χ4n) is 2.07. The lowest BCUT2D eigenvalue weighted by molar-refractivity contribution is 0.123. The first kappa shape index (κ1) is 10.7. The summed E-state index contributed by atoms with van der Waals surface area (Å²) in [4.78, 5) is 12.9. The number of piperidine rings is 1. The first-order valence-electron chi connectivity index (χ1n) is 5.56. The Morgan fingerprint density at radius 3 is 2.67 bits per heavy atom. The number of nitrogens with zero attached hydrogens (tertiary/aromatic N) is 1. The number of hydrogen-bond donors (Lipinski definition) is 2. The smallest absolute Gasteiger partial charge is 0.317 e. The van der Waals surface area contributed by atoms with Gasteiger partial charge in [-0.15, -0.1) is 0 Å². The Hall–Kier alpha value is -0.840. The summed E-state index contributed by atoms with van der Waals surface area (Å²) in [5.41, 5.74) is 0. The Labute approximate surface area is 89.2 Å². The highest BCUT2D eigenvalue weighted by atomic mass is 19.1. The van der Waals surface area contributed by atoms with Crippen molar-refractivity contribution in [2.75, 3.05) is 20.1 Å². The summed E-state index contributed by atoms with van der Waals surface area (Å²) in [5.74, 6) is 0. The van der Waals surface area contributed by atoms with Gasteiger partial charge in [0, 0.05) is 25.7 Å². The minimum absolute atomic E-state index is 0.124. The molecule has 2 N–H and O–H groups in total. The molecule has 1 saturated heterocycles. The fraction of sp³-hybridized carbons (Fsp3) is 0.900. The fourth-order valence-corrected chi connectivity index (χ4v) is 2.07. The zero-order chi connectivity index (χ0) is 10.8. The molecule has 0 radical (unpaired) electrons. The van der Waals surface area contributed by atoms with E-state index in [4.69, 9.17) is 0 Å². The summed E-state index contributed by atoms with van der Waals surface area (Å²) in [5, 5.41) is 5.91. The minimum Gasteiger partial charge on any atom is -0.341 e. The van der Waals surface area contributed by atoms with E-state index in [1.54, 1.807) is 11.9 Å². The van der Waals surface area contributed by atoms with Gasteiger partial charge in [0.15, 0.2) is 0 Å². The van der Waals surface area contributed by atoms with Crippen LogP contribution in [-0.2, 0) is 0 Å². The number of likely N-dealkylation sites (tertiary alicyclic amines) is 1. The largest absolute Gasteiger partial charge is 0.341 e. The molecule has 1 aliphatic carbocycles. The third-order valence-corrected chi connectivity index (χ3v) is 2.95. The van der Waals surface area contributed by atoms with Crippen molar-refractivity contribution in [2.24, 2.45) is 0 Å². The Morgan fingerprint density at radius 1 is 1.33 bits per heavy atom. The molecule has 5 heteroatoms. The van der Waals surface area contributed by atoms with E-state index in [1.807, 2.05) is 0 Å². The maximum atomic E-state index is 13.4. The van der Waals surface area contributed by atoms with Crippen molar-refractivity contribution in [3.05, 3.63) is 0 Å². The van der Waals surface area contributed by atoms with Crippen LogP contribution < -0.4 is 10.6 Å². The highest BCUT2D eigenvalue weighted by Gasteiger charge is 2.32. The predicted molar refractivity (Wildman–Crippen MR) is 55.5 cm³/mol. The normalized spacial score (nSPS) is 31.5. The summed E-state index contributed by atoms with van der Waals surface area (Å²) in [7, 11) is 1.58. The lowest BCUT2D eigenvalue weighted by Crippen LogP contribution is -2.54. The average molecular weight is 215 g/mol. The van der Waals surface area contributed by atoms with Crippen LogP contribution in [0.5, 0.6) is 0 Å². The van der Waals surface area contributed by atoms with Crippen molar-refractivity contribution >= 4 is 6.03 Å². The van der Waals surface area contributed by atoms with Crippen LogP contribution in [0.4, 0.5) is 9.18 Å². The molecule has 2 aliphatic rings. The van der Waals surface area contributed by atoms with E-state index < -0.39 is 6.17 Å². The van der Waals surface area contributed by atoms with Gasteiger partial charge in [0.25, 0.3) is 0 Å². The predicted octanol–water partition coefficient (Wildman–Crippen LogP) is 0.490. The zero-order valence-electron chi connectivity index (χ0n) is 9.00. The van der Waals surface area contributed by atoms with Crippen molar-refractivity contribution in [1.29, 1.82) is 0 Å². The van der Waals surface area contributed by atoms with Gasteiger partial charge >= 0.3 is 6.03 Å². The van der Waals surface area contributed by atoms with Gasteiger partial charge in [0.05, 0.1) is 6.54 Å². The summed E-state index contributed by atoms with van der Waals surface area (Å²) in [6.07, 6.45) is 2.01. The number of amides is 2. The van der Waals surface area contributed by atoms with E-state index in [-0.39, 0.29) is 18.6 Å². The number of carbonyl (C=O) groups excluding carboxylic acids is 1. The number of halogens is 1. The highest BCUT2D eigenvalue weighted by Crippen LogP contribution is 2.22. The molecule has 0 aromatic carbocycles. The molecule has 2 amide bonds. The van der Waals surface area contributed by atoms with E-state index in [0.717, 1.165) is 0 Å². The van der Waals surface area contributed by atoms with Gasteiger partial charge in [-0.2, -0.15) is 0 Å². The number of urea groups is 1. The van der Waals surface area contributed by atoms with E-state index in [9.17, 15) is 9.18 Å². The van der Waals surface area contributed by atoms with Crippen LogP contribution in [0.2, 0.25) is 0 Å². The number of rotatable bonds is 2. The van der Waals surface area contributed by atoms with Crippen molar-refractivity contribution in [3.63, 3.8) is 0 Å². The second kappa shape index (κ2) is 4.35. The van der Waals surface area contributed by atoms with Crippen LogP contribution in [0, 0.1) is 0 Å². The van der Waals surface area contributed by atoms with Gasteiger partial charge < -0.3 is 15.5 Å². The molecule has 1 aliphatic heterocycles. The lowest BCUT2D eigenvalue weighted by atomic mass is 10.0. The molecule has 2 fully saturated rings. The van der Waals surface area contributed by atoms with E-state index in [2.05, 4.69) is 10.6 Å². The van der Waals surface area contributed by atoms with E-state index in [0.29, 0.717) is 19.0 Å². The molecule has 0 aromatic rings. The molecular formula is C10H18FN3O. The molecule has 0 bridgehead atoms. The van der Waals surface area contributed by atoms with Crippen LogP contribution in [0.3, 0.4) is 0 Å². The first-order chi connectivity index (χ1) is 7.19. The maximum Gasteiger partial charge on any atom is 0.317 e. The second-order valence-electron chi connectivity index (χ2n) is 4.43. The summed E-state index contributed by atoms with van der Waals surface area (Å²) >= 11 is 0. The number of nitrogens with one attached hydrogen (secondary N) is 2. The van der Waals surface area contributed by atoms with Gasteiger partial charge in [-0.25, -0.2) is 9.18 Å². The molecule has 86 valence electrons. The highest BCUT2D eigenvalue weighted by molar-refractivity contribution is 5.74. The van der Waals surface area contributed by atoms with Crippen molar-refractivity contribution in [1.82, 2.24) is 15.5 Å². The Balaban J connectivity index is 1.87. The van der Waals surface area contributed by atoms with Crippen LogP contribution in [0.1, 0.15) is 19.3 Å². The van der Waals surface area contributed by atoms with Gasteiger partial charge in [0.2, 0.25) is 0 Å². The number of alkyl halides is 1. The maximum absolute atomic E-state index is 13.4. The third kappa shape index (κ3) is 2.81. The third-order valence-electron chi connectivity index (χ3n) is 2.95. The number of carbonyl (C=O) groups is 1. The molecule has 1 heterocycles. The Morgan fingerprint density at radius 2 is 2.07 bits per heavy atom. The van der Waals surface area contributed by atoms with Crippen LogP contribution in [0.25, 0.3) is 0 Å². The minimum atomic E-state index is -0.896. The summed E-state index contributed by atoms with van der Waals surface area (Å²) < 4.78 is 13.4. The first-order valence-corrected chi connectivity index (χ1v) is 5.56. The van der Waals surface area contributed by atoms with Gasteiger partial charge in [-0.1, -0.05) is 0 Å². The zero-order valence-corrected chi connectivity index (χ0v) is 9.00. The molecule has 0 aromatic heterocycles. The molecule has 1 saturated carbocycles. The molecule has 2 atom stereocenters. The quantitative estimate of drug-likeness (QED) is 0.704. The van der Waals surface area contributed by atoms with Crippen LogP contribution >= 0.6 is 0 Å². The van der Waals surface area contributed by atoms with Gasteiger partial charge in [-0.3, -0.25) is 0 Å². The summed E-state index contributed by atoms with van der Waals surface area (Å²) in [6, 6.07) is 0.505. The van der Waals surface area contributed by atoms with Crippen molar-refractivity contribution < 1.29 is 9.18 Å². The molecule has 15 heavy (non-hydrogen) atoms. The van der Waals surface area contributed by atoms with Crippen molar-refractivity contribution in [3.8, 4) is 0 Å². The van der Waals surface area contributed by atoms with Gasteiger partial charge in [-0.05, 0) is 19.3 Å². The lowest BCUT2D eigenvalue weighted by Gasteiger charge is -2.35. The van der Waals surface area contributed by atoms with Crippen LogP contribution in [-0.4, -0.2) is 49.3 Å². The standard InChI is InChI=1S/C10H18FN3O/c1-12-10(15)14-5-7(11)4-9(6-14)13-8-2-3-8/h7-9,13H,2-6H2,1H3,(H,12,15)/t7-,9?/m0/s1. The van der Waals surface area contributed by atoms with Gasteiger partial charge in [0.1, 0.15) is 6.17 Å². The van der Waals surface area contributed by atoms with Crippen LogP contribution in [0.15, 0.2) is 0 Å². The Kier molecular flexibility index (Phi) is 3.09. The SMILES string of the molecule is CNC(=O)N1CC(NC2CC2)C[C@H](F)C1. The monoisotopic (exact) mass is 215 g/mol. The van der Waals surface area contributed by atoms with Crippen molar-refractivity contribution in [2.45, 2.75) is 37.5 Å². The second-order valence-corrected chi connectivity index (χ2v) is 4.43. The average Bonchev–Trinajstić information content (AvgIpc) is 2.99. The summed E-state index contributed by atoms with van der Waals surface area (Å²) in [6.45, 7) is 0.846. The number of hydrogen-bond acceptors (Lipinski definition) is 2. The molecular weight excluding hydrogens is 197 g/mol. The van der Waals surface area contributed by atoms with E-state index in [1.165, 1.54) is 12.8 Å². The molecule has 4 nitrogen and oxygen atoms in total. The Bertz CT molecular complexity index is 243. The molecule has 2 rings (SSSR count). The molecule has 1 unspecified atom stereocenters. The van der Waals surface area contributed by atoms with E-state index >= 15 is 0 Å². The topological polar surface area (TPSA) is 44.4 Å². The molecule has 0 spiro atoms.